The topological polar surface area (TPSA) is 70.6 Å². The number of hydrogen-bond acceptors (Lipinski definition) is 5. The summed E-state index contributed by atoms with van der Waals surface area (Å²) in [6.07, 6.45) is 1.51. The number of piperidine rings is 1. The summed E-state index contributed by atoms with van der Waals surface area (Å²) >= 11 is 0. The van der Waals surface area contributed by atoms with E-state index in [0.717, 1.165) is 31.5 Å². The summed E-state index contributed by atoms with van der Waals surface area (Å²) in [7, 11) is 4.62. The molecule has 2 aromatic rings. The Hall–Kier alpha value is -3.17. The van der Waals surface area contributed by atoms with Gasteiger partial charge in [0.15, 0.2) is 11.5 Å². The van der Waals surface area contributed by atoms with Gasteiger partial charge in [-0.1, -0.05) is 36.3 Å². The number of benzene rings is 2. The lowest BCUT2D eigenvalue weighted by Crippen LogP contribution is -2.87. The van der Waals surface area contributed by atoms with Gasteiger partial charge in [-0.2, -0.15) is 0 Å². The van der Waals surface area contributed by atoms with Crippen LogP contribution in [0.3, 0.4) is 0 Å². The molecule has 0 atom stereocenters. The SMILES string of the molecule is COc1cc(OC)c(OC)cc1C#CC(=O)OC1(c2ccccc2)CC[NH2+]CC1. The van der Waals surface area contributed by atoms with Crippen molar-refractivity contribution in [3.05, 3.63) is 53.6 Å². The van der Waals surface area contributed by atoms with Gasteiger partial charge in [0.1, 0.15) is 11.4 Å². The number of carbonyl (C=O) groups excluding carboxylic acids is 1. The van der Waals surface area contributed by atoms with Gasteiger partial charge in [-0.25, -0.2) is 4.79 Å². The van der Waals surface area contributed by atoms with Gasteiger partial charge in [0, 0.05) is 30.9 Å². The summed E-state index contributed by atoms with van der Waals surface area (Å²) < 4.78 is 21.9. The lowest BCUT2D eigenvalue weighted by atomic mass is 9.85. The first kappa shape index (κ1) is 20.6. The Morgan fingerprint density at radius 3 is 2.17 bits per heavy atom. The maximum Gasteiger partial charge on any atom is 0.385 e. The van der Waals surface area contributed by atoms with E-state index in [1.165, 1.54) is 7.11 Å². The van der Waals surface area contributed by atoms with Crippen LogP contribution in [0.5, 0.6) is 17.2 Å². The first-order chi connectivity index (χ1) is 14.1. The Bertz CT molecular complexity index is 908. The van der Waals surface area contributed by atoms with E-state index in [-0.39, 0.29) is 0 Å². The van der Waals surface area contributed by atoms with E-state index in [2.05, 4.69) is 17.2 Å². The van der Waals surface area contributed by atoms with E-state index in [0.29, 0.717) is 22.8 Å². The number of methoxy groups -OCH3 is 3. The predicted octanol–water partition coefficient (Wildman–Crippen LogP) is 1.86. The Balaban J connectivity index is 1.86. The van der Waals surface area contributed by atoms with Crippen LogP contribution in [0.1, 0.15) is 24.0 Å². The Morgan fingerprint density at radius 1 is 0.931 bits per heavy atom. The third kappa shape index (κ3) is 4.64. The van der Waals surface area contributed by atoms with Gasteiger partial charge in [0.05, 0.1) is 40.0 Å². The molecule has 6 heteroatoms. The van der Waals surface area contributed by atoms with E-state index in [1.54, 1.807) is 26.4 Å². The molecule has 0 aliphatic carbocycles. The predicted molar refractivity (Wildman–Crippen MR) is 108 cm³/mol. The van der Waals surface area contributed by atoms with Gasteiger partial charge < -0.3 is 24.3 Å². The molecule has 0 radical (unpaired) electrons. The van der Waals surface area contributed by atoms with Crippen molar-refractivity contribution in [2.45, 2.75) is 18.4 Å². The summed E-state index contributed by atoms with van der Waals surface area (Å²) in [6.45, 7) is 1.80. The number of rotatable bonds is 5. The molecule has 152 valence electrons. The highest BCUT2D eigenvalue weighted by atomic mass is 16.6. The Kier molecular flexibility index (Phi) is 6.63. The van der Waals surface area contributed by atoms with Gasteiger partial charge in [0.2, 0.25) is 0 Å². The standard InChI is InChI=1S/C23H25NO5/c1-26-19-16-21(28-3)20(27-2)15-17(19)9-10-22(25)29-23(11-13-24-14-12-23)18-7-5-4-6-8-18/h4-8,15-16,24H,11-14H2,1-3H3/p+1. The molecule has 1 fully saturated rings. The summed E-state index contributed by atoms with van der Waals surface area (Å²) in [5.41, 5.74) is 0.892. The van der Waals surface area contributed by atoms with E-state index in [4.69, 9.17) is 18.9 Å². The number of esters is 1. The molecule has 0 saturated carbocycles. The number of quaternary nitrogens is 1. The second-order valence-corrected chi connectivity index (χ2v) is 6.77. The minimum Gasteiger partial charge on any atom is -0.495 e. The zero-order chi connectivity index (χ0) is 20.7. The fourth-order valence-electron chi connectivity index (χ4n) is 3.58. The fourth-order valence-corrected chi connectivity index (χ4v) is 3.58. The van der Waals surface area contributed by atoms with Crippen LogP contribution < -0.4 is 19.5 Å². The highest BCUT2D eigenvalue weighted by Gasteiger charge is 2.39. The Morgan fingerprint density at radius 2 is 1.55 bits per heavy atom. The maximum absolute atomic E-state index is 12.6. The van der Waals surface area contributed by atoms with Crippen LogP contribution in [0.4, 0.5) is 0 Å². The molecule has 2 aromatic carbocycles. The van der Waals surface area contributed by atoms with Gasteiger partial charge in [0.25, 0.3) is 0 Å². The lowest BCUT2D eigenvalue weighted by Gasteiger charge is -2.35. The van der Waals surface area contributed by atoms with Crippen molar-refractivity contribution in [3.8, 4) is 29.1 Å². The molecule has 6 nitrogen and oxygen atoms in total. The van der Waals surface area contributed by atoms with Crippen molar-refractivity contribution in [1.29, 1.82) is 0 Å². The average Bonchev–Trinajstić information content (AvgIpc) is 2.78. The fraction of sp³-hybridized carbons (Fsp3) is 0.348. The molecule has 0 unspecified atom stereocenters. The lowest BCUT2D eigenvalue weighted by molar-refractivity contribution is -0.668. The molecule has 1 heterocycles. The first-order valence-electron chi connectivity index (χ1n) is 9.54. The molecule has 0 amide bonds. The number of carbonyl (C=O) groups is 1. The number of nitrogens with two attached hydrogens (primary N) is 1. The molecule has 1 saturated heterocycles. The number of hydrogen-bond donors (Lipinski definition) is 1. The van der Waals surface area contributed by atoms with Gasteiger partial charge in [-0.15, -0.1) is 0 Å². The van der Waals surface area contributed by atoms with E-state index in [9.17, 15) is 4.79 Å². The van der Waals surface area contributed by atoms with Crippen molar-refractivity contribution in [2.75, 3.05) is 34.4 Å². The average molecular weight is 396 g/mol. The van der Waals surface area contributed by atoms with Crippen LogP contribution in [0.25, 0.3) is 0 Å². The van der Waals surface area contributed by atoms with Crippen molar-refractivity contribution in [2.24, 2.45) is 0 Å². The van der Waals surface area contributed by atoms with Crippen molar-refractivity contribution in [1.82, 2.24) is 0 Å². The molecule has 0 bridgehead atoms. The summed E-state index contributed by atoms with van der Waals surface area (Å²) in [5.74, 6) is 6.43. The zero-order valence-electron chi connectivity index (χ0n) is 17.0. The highest BCUT2D eigenvalue weighted by molar-refractivity contribution is 5.89. The molecule has 1 aliphatic heterocycles. The molecule has 1 aliphatic rings. The van der Waals surface area contributed by atoms with Crippen LogP contribution in [-0.2, 0) is 15.1 Å². The van der Waals surface area contributed by atoms with Gasteiger partial charge >= 0.3 is 5.97 Å². The van der Waals surface area contributed by atoms with Gasteiger partial charge in [-0.3, -0.25) is 0 Å². The van der Waals surface area contributed by atoms with Crippen molar-refractivity contribution < 1.29 is 29.1 Å². The van der Waals surface area contributed by atoms with Crippen molar-refractivity contribution in [3.63, 3.8) is 0 Å². The second-order valence-electron chi connectivity index (χ2n) is 6.77. The first-order valence-corrected chi connectivity index (χ1v) is 9.54. The monoisotopic (exact) mass is 396 g/mol. The largest absolute Gasteiger partial charge is 0.495 e. The summed E-state index contributed by atoms with van der Waals surface area (Å²) in [6, 6.07) is 13.2. The molecular formula is C23H26NO5+. The van der Waals surface area contributed by atoms with E-state index in [1.807, 2.05) is 30.3 Å². The van der Waals surface area contributed by atoms with E-state index >= 15 is 0 Å². The molecule has 2 N–H and O–H groups in total. The van der Waals surface area contributed by atoms with E-state index < -0.39 is 11.6 Å². The maximum atomic E-state index is 12.6. The second kappa shape index (κ2) is 9.35. The zero-order valence-corrected chi connectivity index (χ0v) is 17.0. The molecule has 29 heavy (non-hydrogen) atoms. The Labute approximate surface area is 171 Å². The van der Waals surface area contributed by atoms with Crippen LogP contribution in [-0.4, -0.2) is 40.4 Å². The van der Waals surface area contributed by atoms with Crippen LogP contribution in [0.15, 0.2) is 42.5 Å². The normalized spacial score (nSPS) is 14.9. The van der Waals surface area contributed by atoms with Crippen LogP contribution in [0.2, 0.25) is 0 Å². The third-order valence-corrected chi connectivity index (χ3v) is 5.10. The molecular weight excluding hydrogens is 370 g/mol. The minimum atomic E-state index is -0.635. The summed E-state index contributed by atoms with van der Waals surface area (Å²) in [4.78, 5) is 12.6. The molecule has 0 aromatic heterocycles. The quantitative estimate of drug-likeness (QED) is 0.617. The smallest absolute Gasteiger partial charge is 0.385 e. The van der Waals surface area contributed by atoms with Crippen LogP contribution >= 0.6 is 0 Å². The number of ether oxygens (including phenoxy) is 4. The molecule has 3 rings (SSSR count). The third-order valence-electron chi connectivity index (χ3n) is 5.10. The summed E-state index contributed by atoms with van der Waals surface area (Å²) in [5, 5.41) is 2.23. The minimum absolute atomic E-state index is 0.494. The van der Waals surface area contributed by atoms with Gasteiger partial charge in [-0.05, 0) is 5.56 Å². The van der Waals surface area contributed by atoms with Crippen LogP contribution in [0, 0.1) is 11.8 Å². The molecule has 0 spiro atoms. The van der Waals surface area contributed by atoms with Crippen molar-refractivity contribution >= 4 is 5.97 Å². The highest BCUT2D eigenvalue weighted by Crippen LogP contribution is 2.35.